The van der Waals surface area contributed by atoms with E-state index >= 15 is 0 Å². The van der Waals surface area contributed by atoms with Gasteiger partial charge in [-0.3, -0.25) is 4.79 Å². The lowest BCUT2D eigenvalue weighted by atomic mass is 9.96. The topological polar surface area (TPSA) is 99.7 Å². The van der Waals surface area contributed by atoms with Crippen molar-refractivity contribution in [3.63, 3.8) is 0 Å². The predicted octanol–water partition coefficient (Wildman–Crippen LogP) is 2.15. The summed E-state index contributed by atoms with van der Waals surface area (Å²) in [5.41, 5.74) is 0.798. The molecular formula is C22H30FN3O4. The van der Waals surface area contributed by atoms with Crippen molar-refractivity contribution >= 4 is 11.9 Å². The molecule has 30 heavy (non-hydrogen) atoms. The molecule has 8 heteroatoms. The van der Waals surface area contributed by atoms with Crippen molar-refractivity contribution in [2.24, 2.45) is 0 Å². The van der Waals surface area contributed by atoms with Crippen molar-refractivity contribution in [1.29, 1.82) is 0 Å². The van der Waals surface area contributed by atoms with E-state index < -0.39 is 18.2 Å². The average Bonchev–Trinajstić information content (AvgIpc) is 2.75. The van der Waals surface area contributed by atoms with Gasteiger partial charge in [-0.2, -0.15) is 0 Å². The van der Waals surface area contributed by atoms with Crippen molar-refractivity contribution in [1.82, 2.24) is 16.0 Å². The molecule has 3 amide bonds. The summed E-state index contributed by atoms with van der Waals surface area (Å²) < 4.78 is 18.7. The lowest BCUT2D eigenvalue weighted by Gasteiger charge is -2.32. The second-order valence-corrected chi connectivity index (χ2v) is 7.87. The van der Waals surface area contributed by atoms with Crippen LogP contribution < -0.4 is 16.0 Å². The normalized spacial score (nSPS) is 24.3. The Labute approximate surface area is 176 Å². The molecule has 1 aromatic carbocycles. The molecule has 0 aromatic heterocycles. The fourth-order valence-corrected chi connectivity index (χ4v) is 3.82. The van der Waals surface area contributed by atoms with Gasteiger partial charge >= 0.3 is 6.03 Å². The quantitative estimate of drug-likeness (QED) is 0.509. The summed E-state index contributed by atoms with van der Waals surface area (Å²) >= 11 is 0. The monoisotopic (exact) mass is 419 g/mol. The van der Waals surface area contributed by atoms with Crippen LogP contribution in [0.1, 0.15) is 44.1 Å². The van der Waals surface area contributed by atoms with Gasteiger partial charge in [0.2, 0.25) is 5.91 Å². The van der Waals surface area contributed by atoms with Gasteiger partial charge in [0.25, 0.3) is 0 Å². The molecule has 0 saturated heterocycles. The molecule has 1 heterocycles. The highest BCUT2D eigenvalue weighted by atomic mass is 19.1. The van der Waals surface area contributed by atoms with Gasteiger partial charge in [0.1, 0.15) is 11.9 Å². The Morgan fingerprint density at radius 2 is 1.80 bits per heavy atom. The van der Waals surface area contributed by atoms with Crippen LogP contribution in [-0.4, -0.2) is 47.9 Å². The molecule has 0 bridgehead atoms. The second kappa shape index (κ2) is 11.1. The fraction of sp³-hybridized carbons (Fsp3) is 0.545. The van der Waals surface area contributed by atoms with Crippen molar-refractivity contribution in [2.45, 2.75) is 69.4 Å². The van der Waals surface area contributed by atoms with Gasteiger partial charge in [-0.25, -0.2) is 9.18 Å². The first-order valence-electron chi connectivity index (χ1n) is 10.6. The first-order chi connectivity index (χ1) is 14.5. The van der Waals surface area contributed by atoms with Crippen LogP contribution in [0.3, 0.4) is 0 Å². The zero-order valence-electron chi connectivity index (χ0n) is 17.0. The van der Waals surface area contributed by atoms with E-state index in [0.717, 1.165) is 31.2 Å². The number of carbonyl (C=O) groups is 2. The van der Waals surface area contributed by atoms with Crippen LogP contribution in [0.4, 0.5) is 9.18 Å². The highest BCUT2D eigenvalue weighted by Gasteiger charge is 2.29. The third kappa shape index (κ3) is 6.81. The zero-order valence-corrected chi connectivity index (χ0v) is 17.0. The lowest BCUT2D eigenvalue weighted by molar-refractivity contribution is -0.125. The Kier molecular flexibility index (Phi) is 8.21. The molecule has 0 radical (unpaired) electrons. The zero-order chi connectivity index (χ0) is 21.3. The number of aliphatic hydroxyl groups is 1. The van der Waals surface area contributed by atoms with E-state index in [1.807, 2.05) is 0 Å². The molecule has 3 atom stereocenters. The minimum Gasteiger partial charge on any atom is -0.394 e. The molecule has 4 N–H and O–H groups in total. The van der Waals surface area contributed by atoms with Crippen LogP contribution >= 0.6 is 0 Å². The molecule has 0 spiro atoms. The molecule has 1 fully saturated rings. The summed E-state index contributed by atoms with van der Waals surface area (Å²) in [5, 5.41) is 18.3. The minimum absolute atomic E-state index is 0.0924. The summed E-state index contributed by atoms with van der Waals surface area (Å²) in [6.45, 7) is 0.0247. The number of carbonyl (C=O) groups excluding carboxylic acids is 2. The summed E-state index contributed by atoms with van der Waals surface area (Å²) in [4.78, 5) is 24.4. The largest absolute Gasteiger partial charge is 0.394 e. The Hall–Kier alpha value is -2.45. The second-order valence-electron chi connectivity index (χ2n) is 7.87. The first kappa shape index (κ1) is 22.2. The van der Waals surface area contributed by atoms with E-state index in [0.29, 0.717) is 6.54 Å². The molecule has 1 aromatic rings. The van der Waals surface area contributed by atoms with Crippen LogP contribution in [0.2, 0.25) is 0 Å². The fourth-order valence-electron chi connectivity index (χ4n) is 3.82. The number of hydrogen-bond donors (Lipinski definition) is 4. The number of amides is 3. The van der Waals surface area contributed by atoms with Crippen molar-refractivity contribution < 1.29 is 23.8 Å². The number of ether oxygens (including phenoxy) is 1. The van der Waals surface area contributed by atoms with E-state index in [9.17, 15) is 19.1 Å². The van der Waals surface area contributed by atoms with Crippen molar-refractivity contribution in [2.75, 3.05) is 6.61 Å². The Bertz CT molecular complexity index is 734. The maximum absolute atomic E-state index is 12.9. The molecule has 2 aliphatic rings. The van der Waals surface area contributed by atoms with Gasteiger partial charge in [-0.05, 0) is 30.5 Å². The third-order valence-electron chi connectivity index (χ3n) is 5.49. The summed E-state index contributed by atoms with van der Waals surface area (Å²) in [6, 6.07) is 5.38. The molecule has 1 aliphatic heterocycles. The van der Waals surface area contributed by atoms with E-state index in [-0.39, 0.29) is 36.8 Å². The highest BCUT2D eigenvalue weighted by molar-refractivity contribution is 5.77. The van der Waals surface area contributed by atoms with Gasteiger partial charge in [0.15, 0.2) is 0 Å². The highest BCUT2D eigenvalue weighted by Crippen LogP contribution is 2.18. The molecule has 1 saturated carbocycles. The van der Waals surface area contributed by atoms with Crippen LogP contribution in [0.25, 0.3) is 0 Å². The SMILES string of the molecule is O=C(C[C@H]1C=C[C@H](NC(=O)NC2CCCCC2)[C@H](CO)O1)NCc1ccc(F)cc1. The van der Waals surface area contributed by atoms with Crippen molar-refractivity contribution in [3.05, 3.63) is 47.8 Å². The number of urea groups is 1. The van der Waals surface area contributed by atoms with Gasteiger partial charge in [0, 0.05) is 12.6 Å². The predicted molar refractivity (Wildman–Crippen MR) is 110 cm³/mol. The standard InChI is InChI=1S/C22H30FN3O4/c23-16-8-6-15(7-9-16)13-24-21(28)12-18-10-11-19(20(14-27)30-18)26-22(29)25-17-4-2-1-3-5-17/h6-11,17-20,27H,1-5,12-14H2,(H,24,28)(H2,25,26,29)/t18-,19+,20+/m1/s1. The van der Waals surface area contributed by atoms with E-state index in [1.165, 1.54) is 18.6 Å². The third-order valence-corrected chi connectivity index (χ3v) is 5.49. The number of halogens is 1. The van der Waals surface area contributed by atoms with Crippen molar-refractivity contribution in [3.8, 4) is 0 Å². The van der Waals surface area contributed by atoms with Crippen LogP contribution in [-0.2, 0) is 16.1 Å². The molecule has 7 nitrogen and oxygen atoms in total. The molecule has 3 rings (SSSR count). The van der Waals surface area contributed by atoms with E-state index in [4.69, 9.17) is 4.74 Å². The van der Waals surface area contributed by atoms with Gasteiger partial charge in [0.05, 0.1) is 25.2 Å². The smallest absolute Gasteiger partial charge is 0.315 e. The first-order valence-corrected chi connectivity index (χ1v) is 10.6. The number of hydrogen-bond acceptors (Lipinski definition) is 4. The number of nitrogens with one attached hydrogen (secondary N) is 3. The minimum atomic E-state index is -0.623. The molecular weight excluding hydrogens is 389 g/mol. The van der Waals surface area contributed by atoms with Gasteiger partial charge in [-0.1, -0.05) is 43.5 Å². The molecule has 0 unspecified atom stereocenters. The maximum Gasteiger partial charge on any atom is 0.315 e. The van der Waals surface area contributed by atoms with Gasteiger partial charge in [-0.15, -0.1) is 0 Å². The van der Waals surface area contributed by atoms with Crippen LogP contribution in [0.15, 0.2) is 36.4 Å². The van der Waals surface area contributed by atoms with Crippen LogP contribution in [0.5, 0.6) is 0 Å². The Balaban J connectivity index is 1.44. The maximum atomic E-state index is 12.9. The average molecular weight is 419 g/mol. The summed E-state index contributed by atoms with van der Waals surface area (Å²) in [5.74, 6) is -0.538. The molecule has 1 aliphatic carbocycles. The Morgan fingerprint density at radius 3 is 2.50 bits per heavy atom. The van der Waals surface area contributed by atoms with Crippen LogP contribution in [0, 0.1) is 5.82 Å². The molecule has 164 valence electrons. The van der Waals surface area contributed by atoms with E-state index in [1.54, 1.807) is 24.3 Å². The summed E-state index contributed by atoms with van der Waals surface area (Å²) in [7, 11) is 0. The Morgan fingerprint density at radius 1 is 1.07 bits per heavy atom. The number of aliphatic hydroxyl groups excluding tert-OH is 1. The number of benzene rings is 1. The summed E-state index contributed by atoms with van der Waals surface area (Å²) in [6.07, 6.45) is 7.92. The lowest BCUT2D eigenvalue weighted by Crippen LogP contribution is -2.53. The number of rotatable bonds is 7. The van der Waals surface area contributed by atoms with E-state index in [2.05, 4.69) is 16.0 Å². The van der Waals surface area contributed by atoms with Gasteiger partial charge < -0.3 is 25.8 Å².